The first kappa shape index (κ1) is 12.9. The molecule has 0 radical (unpaired) electrons. The van der Waals surface area contributed by atoms with Crippen LogP contribution >= 0.6 is 11.8 Å². The van der Waals surface area contributed by atoms with Crippen LogP contribution in [-0.4, -0.2) is 28.7 Å². The standard InChI is InChI=1S/C13H12ClN3O3/c14-16-8-2-1-7-6-17(13(20)9(7)5-8)10-3-4-11(18)15-12(10)19/h1-2,5,10,16H,3-4,6H2,(H,15,18,19). The van der Waals surface area contributed by atoms with Gasteiger partial charge in [-0.15, -0.1) is 0 Å². The predicted octanol–water partition coefficient (Wildman–Crippen LogP) is 1.01. The van der Waals surface area contributed by atoms with Crippen molar-refractivity contribution in [2.24, 2.45) is 0 Å². The molecule has 20 heavy (non-hydrogen) atoms. The molecule has 7 heteroatoms. The van der Waals surface area contributed by atoms with Crippen LogP contribution in [0.4, 0.5) is 5.69 Å². The van der Waals surface area contributed by atoms with Crippen LogP contribution in [0.2, 0.25) is 0 Å². The van der Waals surface area contributed by atoms with E-state index in [9.17, 15) is 14.4 Å². The Morgan fingerprint density at radius 3 is 2.80 bits per heavy atom. The maximum absolute atomic E-state index is 12.4. The van der Waals surface area contributed by atoms with E-state index in [0.29, 0.717) is 24.2 Å². The summed E-state index contributed by atoms with van der Waals surface area (Å²) in [6.45, 7) is 0.378. The highest BCUT2D eigenvalue weighted by Crippen LogP contribution is 2.29. The van der Waals surface area contributed by atoms with Crippen LogP contribution in [0.1, 0.15) is 28.8 Å². The number of benzene rings is 1. The minimum Gasteiger partial charge on any atom is -0.322 e. The Kier molecular flexibility index (Phi) is 3.10. The lowest BCUT2D eigenvalue weighted by molar-refractivity contribution is -0.136. The summed E-state index contributed by atoms with van der Waals surface area (Å²) in [5.74, 6) is -0.898. The van der Waals surface area contributed by atoms with E-state index in [1.165, 1.54) is 4.90 Å². The van der Waals surface area contributed by atoms with Crippen LogP contribution in [0.15, 0.2) is 18.2 Å². The molecule has 0 bridgehead atoms. The molecule has 3 rings (SSSR count). The quantitative estimate of drug-likeness (QED) is 0.630. The summed E-state index contributed by atoms with van der Waals surface area (Å²) in [5, 5.41) is 2.27. The number of halogens is 1. The number of hydrogen-bond donors (Lipinski definition) is 2. The van der Waals surface area contributed by atoms with E-state index in [2.05, 4.69) is 10.2 Å². The number of nitrogens with zero attached hydrogens (tertiary/aromatic N) is 1. The molecule has 1 fully saturated rings. The van der Waals surface area contributed by atoms with Gasteiger partial charge in [0.25, 0.3) is 5.91 Å². The lowest BCUT2D eigenvalue weighted by Crippen LogP contribution is -2.52. The number of piperidine rings is 1. The second-order valence-corrected chi connectivity index (χ2v) is 5.06. The number of hydrogen-bond acceptors (Lipinski definition) is 4. The first-order valence-electron chi connectivity index (χ1n) is 6.24. The number of amides is 3. The van der Waals surface area contributed by atoms with Gasteiger partial charge in [0.05, 0.1) is 0 Å². The Morgan fingerprint density at radius 2 is 2.10 bits per heavy atom. The van der Waals surface area contributed by atoms with Gasteiger partial charge in [-0.25, -0.2) is 0 Å². The van der Waals surface area contributed by atoms with E-state index in [1.54, 1.807) is 12.1 Å². The Hall–Kier alpha value is -2.08. The Balaban J connectivity index is 1.86. The molecular formula is C13H12ClN3O3. The normalized spacial score (nSPS) is 21.8. The summed E-state index contributed by atoms with van der Waals surface area (Å²) >= 11 is 5.52. The van der Waals surface area contributed by atoms with Crippen molar-refractivity contribution in [3.63, 3.8) is 0 Å². The molecule has 1 saturated heterocycles. The highest BCUT2D eigenvalue weighted by molar-refractivity contribution is 6.24. The number of carbonyl (C=O) groups is 3. The highest BCUT2D eigenvalue weighted by atomic mass is 35.5. The van der Waals surface area contributed by atoms with E-state index in [4.69, 9.17) is 11.8 Å². The molecular weight excluding hydrogens is 282 g/mol. The number of fused-ring (bicyclic) bond motifs is 1. The van der Waals surface area contributed by atoms with Crippen molar-refractivity contribution < 1.29 is 14.4 Å². The fourth-order valence-electron chi connectivity index (χ4n) is 2.61. The molecule has 6 nitrogen and oxygen atoms in total. The van der Waals surface area contributed by atoms with Crippen LogP contribution in [-0.2, 0) is 16.1 Å². The van der Waals surface area contributed by atoms with Crippen molar-refractivity contribution in [1.82, 2.24) is 10.2 Å². The molecule has 1 atom stereocenters. The van der Waals surface area contributed by atoms with Crippen molar-refractivity contribution in [3.8, 4) is 0 Å². The molecule has 2 N–H and O–H groups in total. The lowest BCUT2D eigenvalue weighted by atomic mass is 10.0. The summed E-state index contributed by atoms with van der Waals surface area (Å²) in [5.41, 5.74) is 2.03. The third kappa shape index (κ3) is 2.02. The van der Waals surface area contributed by atoms with Crippen molar-refractivity contribution >= 4 is 35.2 Å². The molecule has 0 aromatic heterocycles. The molecule has 1 aromatic rings. The Bertz CT molecular complexity index is 617. The SMILES string of the molecule is O=C1CCC(N2Cc3ccc(NCl)cc3C2=O)C(=O)N1. The average Bonchev–Trinajstić information content (AvgIpc) is 2.76. The van der Waals surface area contributed by atoms with Gasteiger partial charge in [0.2, 0.25) is 11.8 Å². The first-order valence-corrected chi connectivity index (χ1v) is 6.62. The second kappa shape index (κ2) is 4.79. The number of rotatable bonds is 2. The van der Waals surface area contributed by atoms with Gasteiger partial charge in [-0.2, -0.15) is 0 Å². The molecule has 0 aliphatic carbocycles. The minimum atomic E-state index is -0.583. The van der Waals surface area contributed by atoms with Gasteiger partial charge < -0.3 is 4.90 Å². The third-order valence-electron chi connectivity index (χ3n) is 3.64. The number of nitrogens with one attached hydrogen (secondary N) is 2. The van der Waals surface area contributed by atoms with Crippen LogP contribution in [0.5, 0.6) is 0 Å². The van der Waals surface area contributed by atoms with Gasteiger partial charge in [-0.3, -0.25) is 24.5 Å². The molecule has 1 aromatic carbocycles. The molecule has 104 valence electrons. The zero-order chi connectivity index (χ0) is 14.3. The molecule has 2 aliphatic heterocycles. The van der Waals surface area contributed by atoms with E-state index >= 15 is 0 Å². The van der Waals surface area contributed by atoms with Crippen molar-refractivity contribution in [2.45, 2.75) is 25.4 Å². The average molecular weight is 294 g/mol. The summed E-state index contributed by atoms with van der Waals surface area (Å²) in [4.78, 5) is 39.4. The fourth-order valence-corrected chi connectivity index (χ4v) is 2.73. The highest BCUT2D eigenvalue weighted by Gasteiger charge is 2.38. The molecule has 2 heterocycles. The van der Waals surface area contributed by atoms with Crippen molar-refractivity contribution in [2.75, 3.05) is 4.84 Å². The van der Waals surface area contributed by atoms with Gasteiger partial charge in [0.15, 0.2) is 0 Å². The fraction of sp³-hybridized carbons (Fsp3) is 0.308. The zero-order valence-corrected chi connectivity index (χ0v) is 11.2. The Morgan fingerprint density at radius 1 is 1.30 bits per heavy atom. The number of anilines is 1. The third-order valence-corrected chi connectivity index (χ3v) is 3.86. The maximum Gasteiger partial charge on any atom is 0.255 e. The Labute approximate surface area is 120 Å². The lowest BCUT2D eigenvalue weighted by Gasteiger charge is -2.29. The zero-order valence-electron chi connectivity index (χ0n) is 10.5. The van der Waals surface area contributed by atoms with Crippen LogP contribution in [0.25, 0.3) is 0 Å². The van der Waals surface area contributed by atoms with Gasteiger partial charge in [0, 0.05) is 36.0 Å². The van der Waals surface area contributed by atoms with E-state index in [-0.39, 0.29) is 18.2 Å². The van der Waals surface area contributed by atoms with Crippen molar-refractivity contribution in [1.29, 1.82) is 0 Å². The predicted molar refractivity (Wildman–Crippen MR) is 72.0 cm³/mol. The monoisotopic (exact) mass is 293 g/mol. The maximum atomic E-state index is 12.4. The smallest absolute Gasteiger partial charge is 0.255 e. The summed E-state index contributed by atoms with van der Waals surface area (Å²) < 4.78 is 0. The van der Waals surface area contributed by atoms with Gasteiger partial charge in [-0.1, -0.05) is 6.07 Å². The van der Waals surface area contributed by atoms with Gasteiger partial charge in [0.1, 0.15) is 6.04 Å². The van der Waals surface area contributed by atoms with E-state index in [1.807, 2.05) is 6.07 Å². The summed E-state index contributed by atoms with van der Waals surface area (Å²) in [6, 6.07) is 4.66. The van der Waals surface area contributed by atoms with E-state index < -0.39 is 11.9 Å². The molecule has 2 aliphatic rings. The van der Waals surface area contributed by atoms with Crippen LogP contribution in [0.3, 0.4) is 0 Å². The van der Waals surface area contributed by atoms with Crippen LogP contribution in [0, 0.1) is 0 Å². The number of imide groups is 1. The van der Waals surface area contributed by atoms with Crippen molar-refractivity contribution in [3.05, 3.63) is 29.3 Å². The second-order valence-electron chi connectivity index (χ2n) is 4.87. The molecule has 0 spiro atoms. The van der Waals surface area contributed by atoms with E-state index in [0.717, 1.165) is 5.56 Å². The first-order chi connectivity index (χ1) is 9.60. The largest absolute Gasteiger partial charge is 0.322 e. The minimum absolute atomic E-state index is 0.205. The molecule has 0 saturated carbocycles. The summed E-state index contributed by atoms with van der Waals surface area (Å²) in [6.07, 6.45) is 0.621. The topological polar surface area (TPSA) is 78.5 Å². The molecule has 1 unspecified atom stereocenters. The number of carbonyl (C=O) groups excluding carboxylic acids is 3. The van der Waals surface area contributed by atoms with Crippen LogP contribution < -0.4 is 10.2 Å². The molecule has 3 amide bonds. The summed E-state index contributed by atoms with van der Waals surface area (Å²) in [7, 11) is 0. The van der Waals surface area contributed by atoms with Gasteiger partial charge >= 0.3 is 0 Å². The van der Waals surface area contributed by atoms with Gasteiger partial charge in [-0.05, 0) is 24.1 Å².